The molecule has 2 atom stereocenters. The molecular formula is C30H29NO3. The van der Waals surface area contributed by atoms with Gasteiger partial charge in [0.25, 0.3) is 0 Å². The minimum atomic E-state index is -1.000. The number of fused-ring (bicyclic) bond motifs is 1. The van der Waals surface area contributed by atoms with Gasteiger partial charge in [-0.1, -0.05) is 97.1 Å². The van der Waals surface area contributed by atoms with Crippen LogP contribution in [-0.4, -0.2) is 17.6 Å². The van der Waals surface area contributed by atoms with E-state index < -0.39 is 23.5 Å². The summed E-state index contributed by atoms with van der Waals surface area (Å²) < 4.78 is 12.7. The fraction of sp³-hybridized carbons (Fsp3) is 0.233. The average Bonchev–Trinajstić information content (AvgIpc) is 3.26. The molecule has 0 amide bonds. The van der Waals surface area contributed by atoms with E-state index in [1.165, 1.54) is 0 Å². The molecule has 1 heterocycles. The van der Waals surface area contributed by atoms with E-state index in [9.17, 15) is 4.79 Å². The van der Waals surface area contributed by atoms with Crippen molar-refractivity contribution in [3.63, 3.8) is 0 Å². The fourth-order valence-corrected chi connectivity index (χ4v) is 4.60. The van der Waals surface area contributed by atoms with E-state index in [1.807, 2.05) is 99.6 Å². The minimum Gasteiger partial charge on any atom is -0.459 e. The van der Waals surface area contributed by atoms with Crippen LogP contribution in [0.5, 0.6) is 0 Å². The Kier molecular flexibility index (Phi) is 5.72. The molecular weight excluding hydrogens is 422 g/mol. The van der Waals surface area contributed by atoms with Gasteiger partial charge in [0.1, 0.15) is 17.7 Å². The van der Waals surface area contributed by atoms with Crippen molar-refractivity contribution in [2.75, 3.05) is 0 Å². The molecule has 34 heavy (non-hydrogen) atoms. The van der Waals surface area contributed by atoms with Gasteiger partial charge in [-0.25, -0.2) is 0 Å². The van der Waals surface area contributed by atoms with Crippen LogP contribution in [0.25, 0.3) is 10.8 Å². The molecule has 1 N–H and O–H groups in total. The van der Waals surface area contributed by atoms with Gasteiger partial charge in [-0.15, -0.1) is 0 Å². The van der Waals surface area contributed by atoms with Crippen molar-refractivity contribution in [2.24, 2.45) is 0 Å². The number of nitrogens with one attached hydrogen (secondary N) is 1. The van der Waals surface area contributed by atoms with Gasteiger partial charge in [0.2, 0.25) is 0 Å². The van der Waals surface area contributed by atoms with Gasteiger partial charge in [-0.05, 0) is 43.2 Å². The zero-order chi connectivity index (χ0) is 23.8. The third kappa shape index (κ3) is 4.23. The number of esters is 1. The topological polar surface area (TPSA) is 47.6 Å². The summed E-state index contributed by atoms with van der Waals surface area (Å²) in [6.07, 6.45) is -0.542. The van der Waals surface area contributed by atoms with E-state index >= 15 is 0 Å². The first kappa shape index (κ1) is 22.3. The van der Waals surface area contributed by atoms with Crippen molar-refractivity contribution in [2.45, 2.75) is 44.2 Å². The number of carbonyl (C=O) groups is 1. The monoisotopic (exact) mass is 451 g/mol. The number of hydrogen-bond donors (Lipinski definition) is 1. The molecule has 0 saturated carbocycles. The van der Waals surface area contributed by atoms with E-state index in [1.54, 1.807) is 0 Å². The van der Waals surface area contributed by atoms with Gasteiger partial charge < -0.3 is 9.47 Å². The summed E-state index contributed by atoms with van der Waals surface area (Å²) in [4.78, 5) is 13.5. The van der Waals surface area contributed by atoms with Gasteiger partial charge in [0, 0.05) is 11.1 Å². The molecule has 1 aliphatic rings. The van der Waals surface area contributed by atoms with Crippen LogP contribution < -0.4 is 5.32 Å². The zero-order valence-corrected chi connectivity index (χ0v) is 19.7. The highest BCUT2D eigenvalue weighted by atomic mass is 16.6. The van der Waals surface area contributed by atoms with Crippen molar-refractivity contribution in [3.05, 3.63) is 120 Å². The van der Waals surface area contributed by atoms with Crippen molar-refractivity contribution in [1.29, 1.82) is 0 Å². The van der Waals surface area contributed by atoms with E-state index in [4.69, 9.17) is 9.47 Å². The summed E-state index contributed by atoms with van der Waals surface area (Å²) in [5.41, 5.74) is 1.17. The lowest BCUT2D eigenvalue weighted by atomic mass is 9.94. The van der Waals surface area contributed by atoms with Crippen LogP contribution in [0.3, 0.4) is 0 Å². The Labute approximate surface area is 200 Å². The first-order chi connectivity index (χ1) is 16.4. The minimum absolute atomic E-state index is 0.334. The lowest BCUT2D eigenvalue weighted by Gasteiger charge is -2.31. The molecule has 0 aromatic heterocycles. The van der Waals surface area contributed by atoms with E-state index in [2.05, 4.69) is 29.6 Å². The molecule has 4 aromatic rings. The Morgan fingerprint density at radius 2 is 1.35 bits per heavy atom. The summed E-state index contributed by atoms with van der Waals surface area (Å²) in [5.74, 6) is -0.334. The van der Waals surface area contributed by atoms with Crippen LogP contribution >= 0.6 is 0 Å². The second kappa shape index (κ2) is 8.71. The number of benzene rings is 4. The Morgan fingerprint density at radius 1 is 0.794 bits per heavy atom. The predicted octanol–water partition coefficient (Wildman–Crippen LogP) is 6.11. The van der Waals surface area contributed by atoms with Gasteiger partial charge in [-0.2, -0.15) is 0 Å². The maximum Gasteiger partial charge on any atom is 0.326 e. The fourth-order valence-electron chi connectivity index (χ4n) is 4.60. The molecule has 1 fully saturated rings. The highest BCUT2D eigenvalue weighted by Gasteiger charge is 2.52. The van der Waals surface area contributed by atoms with Crippen LogP contribution in [0.15, 0.2) is 103 Å². The summed E-state index contributed by atoms with van der Waals surface area (Å²) in [6.45, 7) is 5.65. The molecule has 0 unspecified atom stereocenters. The Hall–Kier alpha value is -3.47. The maximum absolute atomic E-state index is 13.5. The molecule has 5 rings (SSSR count). The molecule has 0 bridgehead atoms. The predicted molar refractivity (Wildman–Crippen MR) is 134 cm³/mol. The Bertz CT molecular complexity index is 1260. The first-order valence-corrected chi connectivity index (χ1v) is 11.6. The highest BCUT2D eigenvalue weighted by molar-refractivity contribution is 5.84. The normalized spacial score (nSPS) is 19.7. The zero-order valence-electron chi connectivity index (χ0n) is 19.7. The first-order valence-electron chi connectivity index (χ1n) is 11.6. The van der Waals surface area contributed by atoms with Gasteiger partial charge in [0.05, 0.1) is 0 Å². The molecule has 1 aliphatic heterocycles. The Morgan fingerprint density at radius 3 is 1.94 bits per heavy atom. The lowest BCUT2D eigenvalue weighted by molar-refractivity contribution is -0.158. The SMILES string of the molecule is CC(C)(C)OC(=O)[C@@H]1NC(c2ccccc2)(c2ccccc2)O[C@H]1c1ccc2ccccc2c1. The van der Waals surface area contributed by atoms with Crippen LogP contribution in [0, 0.1) is 0 Å². The summed E-state index contributed by atoms with van der Waals surface area (Å²) >= 11 is 0. The molecule has 4 nitrogen and oxygen atoms in total. The molecule has 0 spiro atoms. The smallest absolute Gasteiger partial charge is 0.326 e. The van der Waals surface area contributed by atoms with Crippen molar-refractivity contribution < 1.29 is 14.3 Å². The number of carbonyl (C=O) groups excluding carboxylic acids is 1. The second-order valence-electron chi connectivity index (χ2n) is 9.71. The Balaban J connectivity index is 1.65. The maximum atomic E-state index is 13.5. The van der Waals surface area contributed by atoms with Gasteiger partial charge in [-0.3, -0.25) is 10.1 Å². The molecule has 1 saturated heterocycles. The summed E-state index contributed by atoms with van der Waals surface area (Å²) in [5, 5.41) is 5.80. The number of hydrogen-bond acceptors (Lipinski definition) is 4. The highest BCUT2D eigenvalue weighted by Crippen LogP contribution is 2.44. The van der Waals surface area contributed by atoms with Gasteiger partial charge in [0.15, 0.2) is 5.72 Å². The number of rotatable bonds is 4. The van der Waals surface area contributed by atoms with Crippen LogP contribution in [-0.2, 0) is 20.0 Å². The largest absolute Gasteiger partial charge is 0.459 e. The van der Waals surface area contributed by atoms with E-state index in [0.29, 0.717) is 0 Å². The quantitative estimate of drug-likeness (QED) is 0.380. The summed E-state index contributed by atoms with van der Waals surface area (Å²) in [7, 11) is 0. The van der Waals surface area contributed by atoms with Crippen LogP contribution in [0.1, 0.15) is 43.6 Å². The molecule has 0 aliphatic carbocycles. The summed E-state index contributed by atoms with van der Waals surface area (Å²) in [6, 6.07) is 33.7. The molecule has 4 aromatic carbocycles. The molecule has 172 valence electrons. The van der Waals surface area contributed by atoms with Crippen molar-refractivity contribution in [1.82, 2.24) is 5.32 Å². The molecule has 4 heteroatoms. The van der Waals surface area contributed by atoms with Gasteiger partial charge >= 0.3 is 5.97 Å². The second-order valence-corrected chi connectivity index (χ2v) is 9.71. The van der Waals surface area contributed by atoms with Crippen LogP contribution in [0.4, 0.5) is 0 Å². The third-order valence-corrected chi connectivity index (χ3v) is 6.09. The molecule has 0 radical (unpaired) electrons. The van der Waals surface area contributed by atoms with Crippen molar-refractivity contribution >= 4 is 16.7 Å². The average molecular weight is 452 g/mol. The third-order valence-electron chi connectivity index (χ3n) is 6.09. The lowest BCUT2D eigenvalue weighted by Crippen LogP contribution is -2.47. The number of ether oxygens (including phenoxy) is 2. The van der Waals surface area contributed by atoms with Crippen LogP contribution in [0.2, 0.25) is 0 Å². The standard InChI is InChI=1S/C30H29NO3/c1-29(2,3)34-28(32)26-27(23-19-18-21-12-10-11-13-22(21)20-23)33-30(31-26,24-14-6-4-7-15-24)25-16-8-5-9-17-25/h4-20,26-27,31H,1-3H3/t26-,27+/m1/s1. The van der Waals surface area contributed by atoms with Crippen molar-refractivity contribution in [3.8, 4) is 0 Å². The van der Waals surface area contributed by atoms with E-state index in [0.717, 1.165) is 27.5 Å². The van der Waals surface area contributed by atoms with E-state index in [-0.39, 0.29) is 5.97 Å².